The second-order valence-corrected chi connectivity index (χ2v) is 9.98. The van der Waals surface area contributed by atoms with Crippen molar-refractivity contribution in [2.45, 2.75) is 19.8 Å². The minimum absolute atomic E-state index is 0.0697. The topological polar surface area (TPSA) is 165 Å². The lowest BCUT2D eigenvalue weighted by atomic mass is 9.82. The lowest BCUT2D eigenvalue weighted by Crippen LogP contribution is -2.36. The average molecular weight is 580 g/mol. The Bertz CT molecular complexity index is 1690. The highest BCUT2D eigenvalue weighted by Crippen LogP contribution is 2.42. The molecule has 218 valence electrons. The minimum Gasteiger partial charge on any atom is -0.508 e. The molecule has 0 saturated carbocycles. The molecule has 14 heteroatoms. The summed E-state index contributed by atoms with van der Waals surface area (Å²) in [5.74, 6) is 0.662. The van der Waals surface area contributed by atoms with Gasteiger partial charge >= 0.3 is 0 Å². The number of anilines is 1. The number of hydrogen-bond donors (Lipinski definition) is 2. The second-order valence-electron chi connectivity index (χ2n) is 9.98. The molecule has 1 fully saturated rings. The van der Waals surface area contributed by atoms with Gasteiger partial charge in [0.25, 0.3) is 0 Å². The summed E-state index contributed by atoms with van der Waals surface area (Å²) >= 11 is 0. The monoisotopic (exact) mass is 579 g/mol. The van der Waals surface area contributed by atoms with Gasteiger partial charge in [-0.25, -0.2) is 0 Å². The van der Waals surface area contributed by atoms with Gasteiger partial charge < -0.3 is 19.8 Å². The van der Waals surface area contributed by atoms with Crippen molar-refractivity contribution < 1.29 is 14.9 Å². The number of aryl methyl sites for hydroxylation is 2. The highest BCUT2D eigenvalue weighted by molar-refractivity contribution is 5.82. The van der Waals surface area contributed by atoms with E-state index in [2.05, 4.69) is 58.3 Å². The highest BCUT2D eigenvalue weighted by Gasteiger charge is 2.25. The summed E-state index contributed by atoms with van der Waals surface area (Å²) in [5, 5.41) is 53.8. The summed E-state index contributed by atoms with van der Waals surface area (Å²) < 4.78 is 5.55. The molecular formula is C29H29N11O3. The Morgan fingerprint density at radius 2 is 1.33 bits per heavy atom. The molecule has 0 bridgehead atoms. The summed E-state index contributed by atoms with van der Waals surface area (Å²) in [5.41, 5.74) is 4.50. The molecule has 0 spiro atoms. The Hall–Kier alpha value is -5.50. The third-order valence-corrected chi connectivity index (χ3v) is 7.14. The number of phenols is 2. The fraction of sp³-hybridized carbons (Fsp3) is 0.241. The average Bonchev–Trinajstić information content (AvgIpc) is 3.65. The van der Waals surface area contributed by atoms with Crippen LogP contribution in [0.4, 0.5) is 5.69 Å². The van der Waals surface area contributed by atoms with E-state index in [1.165, 1.54) is 9.58 Å². The van der Waals surface area contributed by atoms with E-state index in [4.69, 9.17) is 4.74 Å². The molecule has 0 unspecified atom stereocenters. The summed E-state index contributed by atoms with van der Waals surface area (Å²) in [7, 11) is 0. The molecule has 1 aliphatic heterocycles. The molecular weight excluding hydrogens is 550 g/mol. The van der Waals surface area contributed by atoms with Crippen LogP contribution in [-0.2, 0) is 4.74 Å². The molecule has 6 rings (SSSR count). The zero-order valence-electron chi connectivity index (χ0n) is 23.6. The maximum atomic E-state index is 11.2. The van der Waals surface area contributed by atoms with E-state index in [0.29, 0.717) is 47.1 Å². The number of rotatable bonds is 8. The van der Waals surface area contributed by atoms with E-state index in [9.17, 15) is 10.2 Å². The Morgan fingerprint density at radius 3 is 1.84 bits per heavy atom. The predicted octanol–water partition coefficient (Wildman–Crippen LogP) is 2.47. The summed E-state index contributed by atoms with van der Waals surface area (Å²) in [4.78, 5) is 4.90. The zero-order chi connectivity index (χ0) is 29.8. The van der Waals surface area contributed by atoms with Crippen LogP contribution in [-0.4, -0.2) is 89.6 Å². The summed E-state index contributed by atoms with van der Waals surface area (Å²) in [6.45, 7) is 6.35. The van der Waals surface area contributed by atoms with E-state index >= 15 is 0 Å². The van der Waals surface area contributed by atoms with Crippen LogP contribution in [0.2, 0.25) is 0 Å². The molecule has 0 radical (unpaired) electrons. The first-order chi connectivity index (χ1) is 21.0. The molecule has 2 N–H and O–H groups in total. The van der Waals surface area contributed by atoms with Crippen LogP contribution >= 0.6 is 0 Å². The maximum absolute atomic E-state index is 11.2. The van der Waals surface area contributed by atoms with Gasteiger partial charge in [-0.2, -0.15) is 10.2 Å². The number of hydrogen-bond acceptors (Lipinski definition) is 12. The summed E-state index contributed by atoms with van der Waals surface area (Å²) in [6.07, 6.45) is 3.23. The van der Waals surface area contributed by atoms with Crippen LogP contribution in [0.1, 0.15) is 45.4 Å². The Morgan fingerprint density at radius 1 is 0.767 bits per heavy atom. The van der Waals surface area contributed by atoms with Crippen molar-refractivity contribution >= 4 is 18.1 Å². The van der Waals surface area contributed by atoms with Gasteiger partial charge in [0.2, 0.25) is 0 Å². The van der Waals surface area contributed by atoms with Crippen LogP contribution in [0, 0.1) is 13.8 Å². The first-order valence-corrected chi connectivity index (χ1v) is 13.6. The van der Waals surface area contributed by atoms with Gasteiger partial charge in [-0.1, -0.05) is 12.1 Å². The first kappa shape index (κ1) is 27.7. The molecule has 43 heavy (non-hydrogen) atoms. The maximum Gasteiger partial charge on any atom is 0.173 e. The standard InChI is InChI=1S/C29H29N11O3/c1-19-32-34-36-39(19)30-17-21-6-8-27(41)25(14-21)29(23-4-3-5-24(16-23)38-10-12-43-13-11-38)26-15-22(7-9-28(26)42)18-31-40-20(2)33-35-37-40/h3-9,14-18,29,41-42H,10-13H2,1-2H3. The Balaban J connectivity index is 1.46. The number of morpholine rings is 1. The van der Waals surface area contributed by atoms with Crippen LogP contribution in [0.5, 0.6) is 11.5 Å². The number of aromatic nitrogens is 8. The van der Waals surface area contributed by atoms with Crippen LogP contribution in [0.15, 0.2) is 70.9 Å². The second kappa shape index (κ2) is 12.2. The van der Waals surface area contributed by atoms with Crippen molar-refractivity contribution in [2.75, 3.05) is 31.2 Å². The van der Waals surface area contributed by atoms with Crippen molar-refractivity contribution in [3.8, 4) is 11.5 Å². The van der Waals surface area contributed by atoms with Gasteiger partial charge in [0.1, 0.15) is 11.5 Å². The van der Waals surface area contributed by atoms with Gasteiger partial charge in [-0.05, 0) is 99.9 Å². The molecule has 0 aliphatic carbocycles. The van der Waals surface area contributed by atoms with Gasteiger partial charge in [0.05, 0.1) is 25.6 Å². The van der Waals surface area contributed by atoms with Crippen molar-refractivity contribution in [2.24, 2.45) is 10.2 Å². The van der Waals surface area contributed by atoms with E-state index in [1.54, 1.807) is 50.5 Å². The minimum atomic E-state index is -0.549. The molecule has 3 heterocycles. The predicted molar refractivity (Wildman–Crippen MR) is 158 cm³/mol. The number of benzene rings is 3. The van der Waals surface area contributed by atoms with E-state index in [1.807, 2.05) is 24.3 Å². The lowest BCUT2D eigenvalue weighted by molar-refractivity contribution is 0.122. The largest absolute Gasteiger partial charge is 0.508 e. The Kier molecular flexibility index (Phi) is 7.82. The lowest BCUT2D eigenvalue weighted by Gasteiger charge is -2.30. The molecule has 2 aromatic heterocycles. The highest BCUT2D eigenvalue weighted by atomic mass is 16.5. The summed E-state index contributed by atoms with van der Waals surface area (Å²) in [6, 6.07) is 18.5. The quantitative estimate of drug-likeness (QED) is 0.206. The van der Waals surface area contributed by atoms with E-state index < -0.39 is 5.92 Å². The van der Waals surface area contributed by atoms with Crippen molar-refractivity contribution in [3.05, 3.63) is 100 Å². The molecule has 3 aromatic carbocycles. The smallest absolute Gasteiger partial charge is 0.173 e. The first-order valence-electron chi connectivity index (χ1n) is 13.6. The fourth-order valence-electron chi connectivity index (χ4n) is 4.93. The molecule has 14 nitrogen and oxygen atoms in total. The van der Waals surface area contributed by atoms with Crippen molar-refractivity contribution in [1.29, 1.82) is 0 Å². The third kappa shape index (κ3) is 6.08. The van der Waals surface area contributed by atoms with E-state index in [0.717, 1.165) is 24.3 Å². The van der Waals surface area contributed by atoms with Crippen molar-refractivity contribution in [1.82, 2.24) is 40.6 Å². The number of ether oxygens (including phenoxy) is 1. The van der Waals surface area contributed by atoms with Crippen LogP contribution in [0.25, 0.3) is 0 Å². The molecule has 5 aromatic rings. The van der Waals surface area contributed by atoms with E-state index in [-0.39, 0.29) is 11.5 Å². The zero-order valence-corrected chi connectivity index (χ0v) is 23.6. The molecule has 1 saturated heterocycles. The number of tetrazole rings is 2. The number of nitrogens with zero attached hydrogens (tertiary/aromatic N) is 11. The molecule has 1 aliphatic rings. The van der Waals surface area contributed by atoms with Crippen LogP contribution in [0.3, 0.4) is 0 Å². The normalized spacial score (nSPS) is 14.6. The Labute approximate surface area is 246 Å². The number of aromatic hydroxyl groups is 2. The van der Waals surface area contributed by atoms with Crippen molar-refractivity contribution in [3.63, 3.8) is 0 Å². The number of phenolic OH excluding ortho intramolecular Hbond substituents is 2. The van der Waals surface area contributed by atoms with Gasteiger partial charge in [-0.3, -0.25) is 0 Å². The SMILES string of the molecule is Cc1nnnn1N=Cc1ccc(O)c(C(c2cccc(N3CCOCC3)c2)c2cc(C=Nn3nnnc3C)ccc2O)c1. The fourth-order valence-corrected chi connectivity index (χ4v) is 4.93. The van der Waals surface area contributed by atoms with Gasteiger partial charge in [0.15, 0.2) is 11.6 Å². The van der Waals surface area contributed by atoms with Gasteiger partial charge in [0, 0.05) is 35.8 Å². The van der Waals surface area contributed by atoms with Gasteiger partial charge in [-0.15, -0.1) is 19.8 Å². The molecule has 0 atom stereocenters. The third-order valence-electron chi connectivity index (χ3n) is 7.14. The molecule has 0 amide bonds. The van der Waals surface area contributed by atoms with Crippen LogP contribution < -0.4 is 4.90 Å².